The number of rotatable bonds is 5. The minimum atomic E-state index is -1.07. The van der Waals surface area contributed by atoms with Crippen LogP contribution in [0.5, 0.6) is 0 Å². The lowest BCUT2D eigenvalue weighted by Gasteiger charge is -2.35. The SMILES string of the molecule is Cc1ccc(C(OC(=O)c2ccccc2)(c2ccc(C)cc2)c2ccc(C)cc2)cc1. The molecule has 0 atom stereocenters. The van der Waals surface area contributed by atoms with Gasteiger partial charge in [-0.1, -0.05) is 108 Å². The van der Waals surface area contributed by atoms with Crippen molar-refractivity contribution in [3.8, 4) is 0 Å². The van der Waals surface area contributed by atoms with Crippen LogP contribution in [0.15, 0.2) is 103 Å². The number of aryl methyl sites for hydroxylation is 3. The molecule has 0 N–H and O–H groups in total. The van der Waals surface area contributed by atoms with Crippen molar-refractivity contribution >= 4 is 5.97 Å². The Labute approximate surface area is 184 Å². The zero-order chi connectivity index (χ0) is 21.8. The van der Waals surface area contributed by atoms with E-state index in [1.807, 2.05) is 54.6 Å². The molecular weight excluding hydrogens is 380 g/mol. The number of esters is 1. The Morgan fingerprint density at radius 3 is 1.26 bits per heavy atom. The largest absolute Gasteiger partial charge is 0.441 e. The minimum Gasteiger partial charge on any atom is -0.441 e. The van der Waals surface area contributed by atoms with Gasteiger partial charge in [0, 0.05) is 16.7 Å². The van der Waals surface area contributed by atoms with E-state index in [2.05, 4.69) is 57.2 Å². The van der Waals surface area contributed by atoms with Crippen molar-refractivity contribution < 1.29 is 9.53 Å². The Bertz CT molecular complexity index is 1050. The summed E-state index contributed by atoms with van der Waals surface area (Å²) in [7, 11) is 0. The van der Waals surface area contributed by atoms with Gasteiger partial charge in [0.25, 0.3) is 0 Å². The van der Waals surface area contributed by atoms with Gasteiger partial charge in [-0.05, 0) is 32.9 Å². The number of benzene rings is 4. The summed E-state index contributed by atoms with van der Waals surface area (Å²) in [6.07, 6.45) is 0. The summed E-state index contributed by atoms with van der Waals surface area (Å²) < 4.78 is 6.46. The molecule has 0 aliphatic rings. The molecule has 0 amide bonds. The van der Waals surface area contributed by atoms with Crippen molar-refractivity contribution in [1.82, 2.24) is 0 Å². The standard InChI is InChI=1S/C29H26O2/c1-21-9-15-25(16-10-21)29(26-17-11-22(2)12-18-26,27-19-13-23(3)14-20-27)31-28(30)24-7-5-4-6-8-24/h4-20H,1-3H3. The first kappa shape index (κ1) is 20.6. The second-order valence-corrected chi connectivity index (χ2v) is 8.03. The highest BCUT2D eigenvalue weighted by Gasteiger charge is 2.40. The van der Waals surface area contributed by atoms with E-state index >= 15 is 0 Å². The summed E-state index contributed by atoms with van der Waals surface area (Å²) in [6, 6.07) is 33.8. The predicted molar refractivity (Wildman–Crippen MR) is 125 cm³/mol. The molecule has 154 valence electrons. The molecule has 0 heterocycles. The van der Waals surface area contributed by atoms with Gasteiger partial charge in [-0.3, -0.25) is 0 Å². The van der Waals surface area contributed by atoms with Crippen LogP contribution in [-0.4, -0.2) is 5.97 Å². The van der Waals surface area contributed by atoms with E-state index in [1.165, 1.54) is 0 Å². The van der Waals surface area contributed by atoms with Gasteiger partial charge in [0.2, 0.25) is 0 Å². The molecule has 0 saturated carbocycles. The first-order valence-corrected chi connectivity index (χ1v) is 10.5. The summed E-state index contributed by atoms with van der Waals surface area (Å²) >= 11 is 0. The maximum Gasteiger partial charge on any atom is 0.339 e. The highest BCUT2D eigenvalue weighted by Crippen LogP contribution is 2.41. The van der Waals surface area contributed by atoms with Crippen LogP contribution in [0.25, 0.3) is 0 Å². The summed E-state index contributed by atoms with van der Waals surface area (Å²) in [4.78, 5) is 13.4. The topological polar surface area (TPSA) is 26.3 Å². The number of carbonyl (C=O) groups is 1. The van der Waals surface area contributed by atoms with E-state index in [1.54, 1.807) is 12.1 Å². The molecular formula is C29H26O2. The van der Waals surface area contributed by atoms with E-state index in [9.17, 15) is 4.79 Å². The fourth-order valence-corrected chi connectivity index (χ4v) is 3.81. The van der Waals surface area contributed by atoms with Gasteiger partial charge in [-0.2, -0.15) is 0 Å². The second kappa shape index (κ2) is 8.61. The Balaban J connectivity index is 1.97. The zero-order valence-electron chi connectivity index (χ0n) is 18.1. The monoisotopic (exact) mass is 406 g/mol. The van der Waals surface area contributed by atoms with E-state index < -0.39 is 5.60 Å². The van der Waals surface area contributed by atoms with Crippen LogP contribution in [0.4, 0.5) is 0 Å². The molecule has 0 fully saturated rings. The number of hydrogen-bond acceptors (Lipinski definition) is 2. The van der Waals surface area contributed by atoms with Gasteiger partial charge in [0.05, 0.1) is 5.56 Å². The van der Waals surface area contributed by atoms with Crippen LogP contribution in [0.2, 0.25) is 0 Å². The third-order valence-corrected chi connectivity index (χ3v) is 5.63. The van der Waals surface area contributed by atoms with Gasteiger partial charge in [0.15, 0.2) is 5.60 Å². The second-order valence-electron chi connectivity index (χ2n) is 8.03. The van der Waals surface area contributed by atoms with E-state index in [0.29, 0.717) is 5.56 Å². The van der Waals surface area contributed by atoms with E-state index in [0.717, 1.165) is 33.4 Å². The molecule has 0 aliphatic heterocycles. The fraction of sp³-hybridized carbons (Fsp3) is 0.138. The first-order valence-electron chi connectivity index (χ1n) is 10.5. The maximum absolute atomic E-state index is 13.4. The summed E-state index contributed by atoms with van der Waals surface area (Å²) in [6.45, 7) is 6.16. The number of carbonyl (C=O) groups excluding carboxylic acids is 1. The lowest BCUT2D eigenvalue weighted by Crippen LogP contribution is -2.35. The summed E-state index contributed by atoms with van der Waals surface area (Å²) in [5.74, 6) is -0.359. The van der Waals surface area contributed by atoms with Crippen LogP contribution in [0.1, 0.15) is 43.7 Å². The van der Waals surface area contributed by atoms with Crippen LogP contribution in [0, 0.1) is 20.8 Å². The average molecular weight is 407 g/mol. The molecule has 0 unspecified atom stereocenters. The quantitative estimate of drug-likeness (QED) is 0.270. The van der Waals surface area contributed by atoms with Crippen molar-refractivity contribution in [1.29, 1.82) is 0 Å². The Morgan fingerprint density at radius 1 is 0.548 bits per heavy atom. The van der Waals surface area contributed by atoms with E-state index in [-0.39, 0.29) is 5.97 Å². The fourth-order valence-electron chi connectivity index (χ4n) is 3.81. The smallest absolute Gasteiger partial charge is 0.339 e. The maximum atomic E-state index is 13.4. The molecule has 0 spiro atoms. The van der Waals surface area contributed by atoms with Gasteiger partial charge >= 0.3 is 5.97 Å². The molecule has 0 saturated heterocycles. The highest BCUT2D eigenvalue weighted by atomic mass is 16.6. The molecule has 4 rings (SSSR count). The first-order chi connectivity index (χ1) is 15.0. The molecule has 0 aliphatic carbocycles. The molecule has 4 aromatic carbocycles. The van der Waals surface area contributed by atoms with Crippen molar-refractivity contribution in [2.75, 3.05) is 0 Å². The van der Waals surface area contributed by atoms with Crippen molar-refractivity contribution in [2.24, 2.45) is 0 Å². The Kier molecular flexibility index (Phi) is 5.73. The molecule has 0 bridgehead atoms. The lowest BCUT2D eigenvalue weighted by atomic mass is 9.79. The molecule has 2 nitrogen and oxygen atoms in total. The number of ether oxygens (including phenoxy) is 1. The third kappa shape index (κ3) is 4.15. The lowest BCUT2D eigenvalue weighted by molar-refractivity contribution is 0.0141. The van der Waals surface area contributed by atoms with E-state index in [4.69, 9.17) is 4.74 Å². The van der Waals surface area contributed by atoms with Crippen LogP contribution in [-0.2, 0) is 10.3 Å². The molecule has 0 radical (unpaired) electrons. The van der Waals surface area contributed by atoms with Gasteiger partial charge in [-0.25, -0.2) is 4.79 Å². The Hall–Kier alpha value is -3.65. The molecule has 4 aromatic rings. The van der Waals surface area contributed by atoms with Crippen molar-refractivity contribution in [3.63, 3.8) is 0 Å². The average Bonchev–Trinajstić information content (AvgIpc) is 2.80. The van der Waals surface area contributed by atoms with Crippen LogP contribution >= 0.6 is 0 Å². The van der Waals surface area contributed by atoms with Crippen molar-refractivity contribution in [2.45, 2.75) is 26.4 Å². The molecule has 31 heavy (non-hydrogen) atoms. The normalized spacial score (nSPS) is 11.2. The minimum absolute atomic E-state index is 0.359. The van der Waals surface area contributed by atoms with Gasteiger partial charge in [-0.15, -0.1) is 0 Å². The highest BCUT2D eigenvalue weighted by molar-refractivity contribution is 5.90. The predicted octanol–water partition coefficient (Wildman–Crippen LogP) is 6.76. The molecule has 0 aromatic heterocycles. The van der Waals surface area contributed by atoms with Crippen molar-refractivity contribution in [3.05, 3.63) is 142 Å². The Morgan fingerprint density at radius 2 is 0.903 bits per heavy atom. The van der Waals surface area contributed by atoms with Gasteiger partial charge in [0.1, 0.15) is 0 Å². The summed E-state index contributed by atoms with van der Waals surface area (Å²) in [5.41, 5.74) is 5.65. The summed E-state index contributed by atoms with van der Waals surface area (Å²) in [5, 5.41) is 0. The third-order valence-electron chi connectivity index (χ3n) is 5.63. The molecule has 2 heteroatoms. The zero-order valence-corrected chi connectivity index (χ0v) is 18.1. The van der Waals surface area contributed by atoms with Crippen LogP contribution < -0.4 is 0 Å². The number of hydrogen-bond donors (Lipinski definition) is 0. The van der Waals surface area contributed by atoms with Gasteiger partial charge < -0.3 is 4.74 Å². The van der Waals surface area contributed by atoms with Crippen LogP contribution in [0.3, 0.4) is 0 Å².